The second-order valence-electron chi connectivity index (χ2n) is 10.8. The number of nitrogens with zero attached hydrogens (tertiary/aromatic N) is 7. The maximum Gasteiger partial charge on any atom is 0.240 e. The van der Waals surface area contributed by atoms with Crippen molar-refractivity contribution in [1.29, 1.82) is 0 Å². The van der Waals surface area contributed by atoms with Gasteiger partial charge in [0.2, 0.25) is 11.8 Å². The number of aromatic amines is 1. The minimum atomic E-state index is -0.954. The van der Waals surface area contributed by atoms with Crippen molar-refractivity contribution in [3.63, 3.8) is 0 Å². The molecule has 212 valence electrons. The number of piperidine rings is 1. The molecule has 1 unspecified atom stereocenters. The lowest BCUT2D eigenvalue weighted by atomic mass is 10.0. The van der Waals surface area contributed by atoms with Gasteiger partial charge >= 0.3 is 0 Å². The maximum absolute atomic E-state index is 11.9. The Morgan fingerprint density at radius 1 is 1.12 bits per heavy atom. The first-order chi connectivity index (χ1) is 19.3. The fourth-order valence-electron chi connectivity index (χ4n) is 5.60. The average molecular weight is 565 g/mol. The molecule has 40 heavy (non-hydrogen) atoms. The van der Waals surface area contributed by atoms with E-state index >= 15 is 0 Å². The van der Waals surface area contributed by atoms with Gasteiger partial charge in [0.1, 0.15) is 12.2 Å². The topological polar surface area (TPSA) is 106 Å². The highest BCUT2D eigenvalue weighted by atomic mass is 32.2. The average Bonchev–Trinajstić information content (AvgIpc) is 3.58. The van der Waals surface area contributed by atoms with Crippen molar-refractivity contribution in [2.24, 2.45) is 14.1 Å². The SMILES string of the molecule is C[C@H]1CN(C)Cc2c(c(OC3CCN(S(C)=O)CC3)nn2C)/C=C/c2[nH]nc3ccc(cc23)-c2cnn(C)c2O1. The Balaban J connectivity index is 1.40. The van der Waals surface area contributed by atoms with Gasteiger partial charge in [-0.15, -0.1) is 5.10 Å². The summed E-state index contributed by atoms with van der Waals surface area (Å²) in [6.07, 6.45) is 9.30. The highest BCUT2D eigenvalue weighted by Gasteiger charge is 2.26. The smallest absolute Gasteiger partial charge is 0.240 e. The molecule has 4 aromatic rings. The summed E-state index contributed by atoms with van der Waals surface area (Å²) in [5.41, 5.74) is 5.76. The number of H-pyrrole nitrogens is 1. The molecule has 2 aliphatic heterocycles. The zero-order chi connectivity index (χ0) is 28.0. The Labute approximate surface area is 236 Å². The quantitative estimate of drug-likeness (QED) is 0.407. The third kappa shape index (κ3) is 5.18. The molecule has 1 aromatic carbocycles. The van der Waals surface area contributed by atoms with E-state index in [1.807, 2.05) is 35.3 Å². The van der Waals surface area contributed by atoms with Gasteiger partial charge < -0.3 is 9.47 Å². The van der Waals surface area contributed by atoms with E-state index in [2.05, 4.69) is 58.5 Å². The third-order valence-corrected chi connectivity index (χ3v) is 8.80. The molecule has 3 aromatic heterocycles. The van der Waals surface area contributed by atoms with E-state index in [1.165, 1.54) is 0 Å². The highest BCUT2D eigenvalue weighted by molar-refractivity contribution is 7.81. The number of likely N-dealkylation sites (N-methyl/N-ethyl adjacent to an activating group) is 1. The predicted molar refractivity (Wildman–Crippen MR) is 156 cm³/mol. The van der Waals surface area contributed by atoms with Gasteiger partial charge in [0.25, 0.3) is 0 Å². The van der Waals surface area contributed by atoms with Crippen LogP contribution >= 0.6 is 0 Å². The molecule has 1 saturated heterocycles. The van der Waals surface area contributed by atoms with Crippen LogP contribution in [0.1, 0.15) is 36.7 Å². The van der Waals surface area contributed by atoms with Crippen LogP contribution in [0.5, 0.6) is 11.8 Å². The first-order valence-corrected chi connectivity index (χ1v) is 15.1. The van der Waals surface area contributed by atoms with Crippen molar-refractivity contribution < 1.29 is 13.7 Å². The molecule has 0 aliphatic carbocycles. The first kappa shape index (κ1) is 26.7. The van der Waals surface area contributed by atoms with Crippen LogP contribution in [0.2, 0.25) is 0 Å². The van der Waals surface area contributed by atoms with Gasteiger partial charge in [-0.1, -0.05) is 6.07 Å². The summed E-state index contributed by atoms with van der Waals surface area (Å²) in [7, 11) is 5.00. The summed E-state index contributed by atoms with van der Waals surface area (Å²) in [5.74, 6) is 1.36. The molecule has 12 heteroatoms. The summed E-state index contributed by atoms with van der Waals surface area (Å²) < 4.78 is 30.5. The maximum atomic E-state index is 11.9. The lowest BCUT2D eigenvalue weighted by Crippen LogP contribution is -2.38. The monoisotopic (exact) mass is 564 g/mol. The fraction of sp³-hybridized carbons (Fsp3) is 0.464. The van der Waals surface area contributed by atoms with Crippen LogP contribution in [0.15, 0.2) is 24.4 Å². The fourth-order valence-corrected chi connectivity index (χ4v) is 6.32. The van der Waals surface area contributed by atoms with Crippen LogP contribution in [-0.2, 0) is 31.6 Å². The number of ether oxygens (including phenoxy) is 2. The van der Waals surface area contributed by atoms with Crippen LogP contribution in [0.25, 0.3) is 34.2 Å². The summed E-state index contributed by atoms with van der Waals surface area (Å²) in [5, 5.41) is 18.0. The molecule has 0 radical (unpaired) electrons. The van der Waals surface area contributed by atoms with Gasteiger partial charge in [-0.3, -0.25) is 14.7 Å². The number of aryl methyl sites for hydroxylation is 2. The molecule has 2 bridgehead atoms. The Hall–Kier alpha value is -3.48. The lowest BCUT2D eigenvalue weighted by Gasteiger charge is -2.29. The number of nitrogens with one attached hydrogen (secondary N) is 1. The van der Waals surface area contributed by atoms with Crippen LogP contribution in [0.4, 0.5) is 0 Å². The van der Waals surface area contributed by atoms with Gasteiger partial charge in [-0.25, -0.2) is 13.2 Å². The number of fused-ring (bicyclic) bond motifs is 4. The standard InChI is InChI=1S/C28H36N8O3S/c1-18-16-33(2)17-26-21(27(32-34(26)3)39-20-10-12-36(13-11-20)40(5)37)7-9-25-22-14-19(6-8-24(22)30-31-25)23-15-29-35(4)28(23)38-18/h6-9,14-15,18,20H,10-13,16-17H2,1-5H3,(H,30,31)/b9-7+/t18-,40?/m0/s1. The molecule has 1 N–H and O–H groups in total. The Morgan fingerprint density at radius 2 is 1.93 bits per heavy atom. The van der Waals surface area contributed by atoms with E-state index < -0.39 is 11.0 Å². The van der Waals surface area contributed by atoms with Crippen molar-refractivity contribution in [2.45, 2.75) is 38.5 Å². The minimum absolute atomic E-state index is 0.0256. The molecule has 0 spiro atoms. The first-order valence-electron chi connectivity index (χ1n) is 13.6. The van der Waals surface area contributed by atoms with Gasteiger partial charge in [0.15, 0.2) is 0 Å². The summed E-state index contributed by atoms with van der Waals surface area (Å²) in [6.45, 7) is 4.96. The highest BCUT2D eigenvalue weighted by Crippen LogP contribution is 2.34. The number of aromatic nitrogens is 6. The van der Waals surface area contributed by atoms with E-state index in [9.17, 15) is 4.21 Å². The summed E-state index contributed by atoms with van der Waals surface area (Å²) in [4.78, 5) is 2.24. The molecule has 1 fully saturated rings. The van der Waals surface area contributed by atoms with Crippen LogP contribution < -0.4 is 9.47 Å². The number of benzene rings is 1. The number of rotatable bonds is 3. The molecule has 6 rings (SSSR count). The van der Waals surface area contributed by atoms with E-state index in [-0.39, 0.29) is 12.2 Å². The van der Waals surface area contributed by atoms with Crippen LogP contribution in [0.3, 0.4) is 0 Å². The molecule has 0 saturated carbocycles. The normalized spacial score (nSPS) is 20.9. The van der Waals surface area contributed by atoms with Crippen LogP contribution in [0, 0.1) is 0 Å². The van der Waals surface area contributed by atoms with Crippen LogP contribution in [-0.4, -0.2) is 88.3 Å². The molecule has 5 heterocycles. The summed E-state index contributed by atoms with van der Waals surface area (Å²) >= 11 is 0. The van der Waals surface area contributed by atoms with E-state index in [4.69, 9.17) is 14.6 Å². The molecule has 11 nitrogen and oxygen atoms in total. The van der Waals surface area contributed by atoms with Gasteiger partial charge in [0.05, 0.1) is 45.2 Å². The molecular weight excluding hydrogens is 528 g/mol. The number of hydrogen-bond donors (Lipinski definition) is 1. The largest absolute Gasteiger partial charge is 0.473 e. The zero-order valence-electron chi connectivity index (χ0n) is 23.6. The number of hydrogen-bond acceptors (Lipinski definition) is 7. The zero-order valence-corrected chi connectivity index (χ0v) is 24.4. The lowest BCUT2D eigenvalue weighted by molar-refractivity contribution is 0.131. The second kappa shape index (κ2) is 10.8. The molecular formula is C28H36N8O3S. The van der Waals surface area contributed by atoms with Crippen molar-refractivity contribution in [3.05, 3.63) is 41.3 Å². The summed E-state index contributed by atoms with van der Waals surface area (Å²) in [6, 6.07) is 6.20. The van der Waals surface area contributed by atoms with E-state index in [1.54, 1.807) is 10.9 Å². The predicted octanol–water partition coefficient (Wildman–Crippen LogP) is 3.22. The Bertz CT molecular complexity index is 1580. The molecule has 2 atom stereocenters. The third-order valence-electron chi connectivity index (χ3n) is 7.71. The Morgan fingerprint density at radius 3 is 2.70 bits per heavy atom. The van der Waals surface area contributed by atoms with Gasteiger partial charge in [-0.05, 0) is 56.7 Å². The molecule has 2 aliphatic rings. The van der Waals surface area contributed by atoms with Crippen molar-refractivity contribution in [1.82, 2.24) is 39.0 Å². The van der Waals surface area contributed by atoms with E-state index in [0.717, 1.165) is 70.8 Å². The van der Waals surface area contributed by atoms with Gasteiger partial charge in [0, 0.05) is 51.9 Å². The van der Waals surface area contributed by atoms with E-state index in [0.29, 0.717) is 19.0 Å². The van der Waals surface area contributed by atoms with Crippen molar-refractivity contribution in [2.75, 3.05) is 32.9 Å². The second-order valence-corrected chi connectivity index (χ2v) is 12.1. The van der Waals surface area contributed by atoms with Crippen molar-refractivity contribution >= 4 is 34.0 Å². The molecule has 0 amide bonds. The van der Waals surface area contributed by atoms with Crippen molar-refractivity contribution in [3.8, 4) is 22.9 Å². The Kier molecular flexibility index (Phi) is 7.24. The van der Waals surface area contributed by atoms with Gasteiger partial charge in [-0.2, -0.15) is 10.2 Å². The minimum Gasteiger partial charge on any atom is -0.473 e.